The summed E-state index contributed by atoms with van der Waals surface area (Å²) < 4.78 is 13.6. The van der Waals surface area contributed by atoms with Crippen molar-refractivity contribution in [3.8, 4) is 5.75 Å². The van der Waals surface area contributed by atoms with Crippen LogP contribution in [0.1, 0.15) is 38.1 Å². The number of fused-ring (bicyclic) bond motifs is 1. The maximum atomic E-state index is 5.76. The van der Waals surface area contributed by atoms with E-state index < -0.39 is 0 Å². The van der Waals surface area contributed by atoms with E-state index in [1.165, 1.54) is 10.3 Å². The molecule has 28 heavy (non-hydrogen) atoms. The first-order valence-electron chi connectivity index (χ1n) is 9.00. The molecule has 0 unspecified atom stereocenters. The second-order valence-electron chi connectivity index (χ2n) is 7.39. The maximum absolute atomic E-state index is 5.76. The highest BCUT2D eigenvalue weighted by Crippen LogP contribution is 2.31. The Morgan fingerprint density at radius 2 is 1.75 bits per heavy atom. The lowest BCUT2D eigenvalue weighted by molar-refractivity contribution is 0.260. The van der Waals surface area contributed by atoms with Crippen LogP contribution < -0.4 is 4.74 Å². The summed E-state index contributed by atoms with van der Waals surface area (Å²) in [7, 11) is 0. The number of nitrogens with zero attached hydrogens (tertiary/aromatic N) is 3. The largest absolute Gasteiger partial charge is 0.484 e. The number of hydrogen-bond acceptors (Lipinski definition) is 7. The highest BCUT2D eigenvalue weighted by molar-refractivity contribution is 8.00. The topological polar surface area (TPSA) is 61.0 Å². The minimum absolute atomic E-state index is 0.126. The van der Waals surface area contributed by atoms with Crippen molar-refractivity contribution in [2.24, 2.45) is 0 Å². The van der Waals surface area contributed by atoms with Crippen LogP contribution in [0.25, 0.3) is 10.2 Å². The fourth-order valence-corrected chi connectivity index (χ4v) is 4.54. The highest BCUT2D eigenvalue weighted by Gasteiger charge is 2.13. The van der Waals surface area contributed by atoms with Gasteiger partial charge in [-0.15, -0.1) is 21.5 Å². The van der Waals surface area contributed by atoms with Crippen LogP contribution in [-0.4, -0.2) is 15.2 Å². The van der Waals surface area contributed by atoms with Crippen LogP contribution in [-0.2, 0) is 17.8 Å². The molecule has 4 rings (SSSR count). The van der Waals surface area contributed by atoms with Crippen LogP contribution in [0.15, 0.2) is 57.3 Å². The Labute approximate surface area is 172 Å². The highest BCUT2D eigenvalue weighted by atomic mass is 32.2. The van der Waals surface area contributed by atoms with Gasteiger partial charge in [-0.3, -0.25) is 0 Å². The van der Waals surface area contributed by atoms with E-state index in [0.29, 0.717) is 17.5 Å². The van der Waals surface area contributed by atoms with E-state index in [4.69, 9.17) is 9.15 Å². The first-order chi connectivity index (χ1) is 13.5. The third-order valence-corrected chi connectivity index (χ3v) is 6.35. The SMILES string of the molecule is CC(C)(C)c1ccc(OCc2nnc(CSc3nc4ccccc4s3)o2)cc1. The van der Waals surface area contributed by atoms with Gasteiger partial charge in [-0.25, -0.2) is 4.98 Å². The zero-order chi connectivity index (χ0) is 19.6. The van der Waals surface area contributed by atoms with Crippen LogP contribution in [0.4, 0.5) is 0 Å². The van der Waals surface area contributed by atoms with E-state index in [1.807, 2.05) is 30.3 Å². The van der Waals surface area contributed by atoms with Gasteiger partial charge in [-0.1, -0.05) is 56.8 Å². The van der Waals surface area contributed by atoms with Crippen LogP contribution in [0.3, 0.4) is 0 Å². The first-order valence-corrected chi connectivity index (χ1v) is 10.8. The Kier molecular flexibility index (Phi) is 5.37. The van der Waals surface area contributed by atoms with Crippen LogP contribution >= 0.6 is 23.1 Å². The summed E-state index contributed by atoms with van der Waals surface area (Å²) in [6.07, 6.45) is 0. The third-order valence-electron chi connectivity index (χ3n) is 4.18. The molecule has 0 N–H and O–H groups in total. The fourth-order valence-electron chi connectivity index (χ4n) is 2.64. The van der Waals surface area contributed by atoms with E-state index in [-0.39, 0.29) is 12.0 Å². The average Bonchev–Trinajstić information content (AvgIpc) is 3.30. The summed E-state index contributed by atoms with van der Waals surface area (Å²) in [5.41, 5.74) is 2.42. The van der Waals surface area contributed by atoms with Crippen LogP contribution in [0, 0.1) is 0 Å². The van der Waals surface area contributed by atoms with Crippen LogP contribution in [0.5, 0.6) is 5.75 Å². The summed E-state index contributed by atoms with van der Waals surface area (Å²) in [5, 5.41) is 8.17. The van der Waals surface area contributed by atoms with E-state index in [2.05, 4.69) is 54.2 Å². The molecule has 0 aliphatic rings. The lowest BCUT2D eigenvalue weighted by atomic mass is 9.87. The Morgan fingerprint density at radius 1 is 1.00 bits per heavy atom. The van der Waals surface area contributed by atoms with Crippen molar-refractivity contribution < 1.29 is 9.15 Å². The van der Waals surface area contributed by atoms with Crippen molar-refractivity contribution in [2.45, 2.75) is 42.9 Å². The first kappa shape index (κ1) is 19.0. The van der Waals surface area contributed by atoms with Crippen LogP contribution in [0.2, 0.25) is 0 Å². The number of hydrogen-bond donors (Lipinski definition) is 0. The molecule has 4 aromatic rings. The lowest BCUT2D eigenvalue weighted by Gasteiger charge is -2.19. The summed E-state index contributed by atoms with van der Waals surface area (Å²) in [6, 6.07) is 16.2. The van der Waals surface area contributed by atoms with Gasteiger partial charge in [0, 0.05) is 0 Å². The quantitative estimate of drug-likeness (QED) is 0.371. The van der Waals surface area contributed by atoms with E-state index in [9.17, 15) is 0 Å². The van der Waals surface area contributed by atoms with Crippen molar-refractivity contribution in [1.82, 2.24) is 15.2 Å². The molecule has 2 aromatic carbocycles. The number of para-hydroxylation sites is 1. The molecule has 144 valence electrons. The summed E-state index contributed by atoms with van der Waals surface area (Å²) in [4.78, 5) is 4.60. The zero-order valence-corrected chi connectivity index (χ0v) is 17.6. The molecule has 0 fully saturated rings. The average molecular weight is 412 g/mol. The molecule has 0 amide bonds. The Bertz CT molecular complexity index is 1030. The predicted octanol–water partition coefficient (Wildman–Crippen LogP) is 5.85. The minimum atomic E-state index is 0.126. The van der Waals surface area contributed by atoms with Crippen molar-refractivity contribution in [3.63, 3.8) is 0 Å². The molecular weight excluding hydrogens is 390 g/mol. The zero-order valence-electron chi connectivity index (χ0n) is 16.0. The number of benzene rings is 2. The van der Waals surface area contributed by atoms with Gasteiger partial charge in [-0.2, -0.15) is 0 Å². The fraction of sp³-hybridized carbons (Fsp3) is 0.286. The molecule has 7 heteroatoms. The molecule has 0 bridgehead atoms. The normalized spacial score (nSPS) is 11.8. The standard InChI is InChI=1S/C21H21N3O2S2/c1-21(2,3)14-8-10-15(11-9-14)25-12-18-23-24-19(26-18)13-27-20-22-16-6-4-5-7-17(16)28-20/h4-11H,12-13H2,1-3H3. The second kappa shape index (κ2) is 7.93. The molecular formula is C21H21N3O2S2. The molecule has 0 aliphatic carbocycles. The summed E-state index contributed by atoms with van der Waals surface area (Å²) >= 11 is 3.27. The molecule has 0 saturated heterocycles. The Hall–Kier alpha value is -2.38. The van der Waals surface area contributed by atoms with Gasteiger partial charge in [-0.05, 0) is 35.2 Å². The molecule has 2 heterocycles. The minimum Gasteiger partial charge on any atom is -0.484 e. The molecule has 0 aliphatic heterocycles. The maximum Gasteiger partial charge on any atom is 0.253 e. The van der Waals surface area contributed by atoms with Gasteiger partial charge in [0.1, 0.15) is 5.75 Å². The number of thioether (sulfide) groups is 1. The smallest absolute Gasteiger partial charge is 0.253 e. The Balaban J connectivity index is 1.31. The van der Waals surface area contributed by atoms with Gasteiger partial charge >= 0.3 is 0 Å². The molecule has 0 radical (unpaired) electrons. The van der Waals surface area contributed by atoms with Crippen molar-refractivity contribution in [1.29, 1.82) is 0 Å². The van der Waals surface area contributed by atoms with Gasteiger partial charge in [0.2, 0.25) is 5.89 Å². The predicted molar refractivity (Wildman–Crippen MR) is 113 cm³/mol. The van der Waals surface area contributed by atoms with Gasteiger partial charge in [0.25, 0.3) is 5.89 Å². The van der Waals surface area contributed by atoms with Gasteiger partial charge in [0.15, 0.2) is 10.9 Å². The lowest BCUT2D eigenvalue weighted by Crippen LogP contribution is -2.10. The monoisotopic (exact) mass is 411 g/mol. The summed E-state index contributed by atoms with van der Waals surface area (Å²) in [6.45, 7) is 6.83. The van der Waals surface area contributed by atoms with E-state index in [1.54, 1.807) is 23.1 Å². The van der Waals surface area contributed by atoms with E-state index >= 15 is 0 Å². The van der Waals surface area contributed by atoms with Crippen molar-refractivity contribution >= 4 is 33.3 Å². The number of aromatic nitrogens is 3. The molecule has 0 atom stereocenters. The number of ether oxygens (including phenoxy) is 1. The third kappa shape index (κ3) is 4.54. The number of thiazole rings is 1. The number of rotatable bonds is 6. The summed E-state index contributed by atoms with van der Waals surface area (Å²) in [5.74, 6) is 2.43. The second-order valence-corrected chi connectivity index (χ2v) is 9.64. The molecule has 2 aromatic heterocycles. The molecule has 0 spiro atoms. The van der Waals surface area contributed by atoms with Gasteiger partial charge in [0.05, 0.1) is 16.0 Å². The molecule has 5 nitrogen and oxygen atoms in total. The van der Waals surface area contributed by atoms with Crippen molar-refractivity contribution in [3.05, 3.63) is 65.9 Å². The van der Waals surface area contributed by atoms with Crippen molar-refractivity contribution in [2.75, 3.05) is 0 Å². The molecule has 0 saturated carbocycles. The van der Waals surface area contributed by atoms with Gasteiger partial charge < -0.3 is 9.15 Å². The van der Waals surface area contributed by atoms with E-state index in [0.717, 1.165) is 15.6 Å². The Morgan fingerprint density at radius 3 is 2.50 bits per heavy atom.